The normalized spacial score (nSPS) is 9.62. The van der Waals surface area contributed by atoms with Crippen LogP contribution in [-0.2, 0) is 4.74 Å². The zero-order valence-electron chi connectivity index (χ0n) is 8.72. The van der Waals surface area contributed by atoms with Gasteiger partial charge in [0.05, 0.1) is 23.2 Å². The van der Waals surface area contributed by atoms with Gasteiger partial charge in [-0.05, 0) is 18.6 Å². The molecule has 0 saturated heterocycles. The van der Waals surface area contributed by atoms with Crippen LogP contribution in [0.2, 0.25) is 0 Å². The minimum absolute atomic E-state index is 0.143. The average Bonchev–Trinajstić information content (AvgIpc) is 2.27. The van der Waals surface area contributed by atoms with Crippen molar-refractivity contribution < 1.29 is 19.2 Å². The van der Waals surface area contributed by atoms with Gasteiger partial charge < -0.3 is 4.74 Å². The first-order valence-electron chi connectivity index (χ1n) is 4.33. The van der Waals surface area contributed by atoms with E-state index in [0.717, 1.165) is 6.07 Å². The minimum Gasteiger partial charge on any atom is -0.465 e. The number of carbonyl (C=O) groups excluding carboxylic acids is 2. The second-order valence-corrected chi connectivity index (χ2v) is 3.09. The Hall–Kier alpha value is -2.24. The van der Waals surface area contributed by atoms with E-state index in [9.17, 15) is 19.7 Å². The molecule has 84 valence electrons. The van der Waals surface area contributed by atoms with Gasteiger partial charge in [-0.1, -0.05) is 0 Å². The summed E-state index contributed by atoms with van der Waals surface area (Å²) >= 11 is 0. The van der Waals surface area contributed by atoms with E-state index in [-0.39, 0.29) is 16.8 Å². The van der Waals surface area contributed by atoms with E-state index < -0.39 is 10.9 Å². The third-order valence-corrected chi connectivity index (χ3v) is 2.10. The standard InChI is InChI=1S/C10H9NO5/c1-6-3-9(11(14)15)7(5-12)4-8(6)10(13)16-2/h3-5H,1-2H3. The molecule has 16 heavy (non-hydrogen) atoms. The van der Waals surface area contributed by atoms with Crippen LogP contribution in [0, 0.1) is 17.0 Å². The van der Waals surface area contributed by atoms with Gasteiger partial charge in [-0.25, -0.2) is 4.79 Å². The molecule has 1 aromatic carbocycles. The van der Waals surface area contributed by atoms with Gasteiger partial charge in [-0.3, -0.25) is 14.9 Å². The van der Waals surface area contributed by atoms with Gasteiger partial charge in [0.25, 0.3) is 5.69 Å². The summed E-state index contributed by atoms with van der Waals surface area (Å²) in [5.74, 6) is -0.629. The van der Waals surface area contributed by atoms with Crippen LogP contribution in [0.5, 0.6) is 0 Å². The molecule has 6 heteroatoms. The van der Waals surface area contributed by atoms with Crippen molar-refractivity contribution >= 4 is 17.9 Å². The van der Waals surface area contributed by atoms with Gasteiger partial charge in [0.1, 0.15) is 0 Å². The molecule has 0 bridgehead atoms. The number of nitro benzene ring substituents is 1. The molecule has 0 heterocycles. The number of nitro groups is 1. The zero-order valence-corrected chi connectivity index (χ0v) is 8.72. The Balaban J connectivity index is 3.42. The van der Waals surface area contributed by atoms with Crippen molar-refractivity contribution in [2.45, 2.75) is 6.92 Å². The Kier molecular flexibility index (Phi) is 3.34. The van der Waals surface area contributed by atoms with E-state index in [1.807, 2.05) is 0 Å². The Bertz CT molecular complexity index is 467. The number of rotatable bonds is 3. The molecule has 0 saturated carbocycles. The second kappa shape index (κ2) is 4.52. The minimum atomic E-state index is -0.669. The number of carbonyl (C=O) groups is 2. The molecule has 0 aliphatic carbocycles. The first kappa shape index (κ1) is 11.8. The fourth-order valence-electron chi connectivity index (χ4n) is 1.29. The lowest BCUT2D eigenvalue weighted by Crippen LogP contribution is -2.06. The van der Waals surface area contributed by atoms with Gasteiger partial charge in [0.2, 0.25) is 0 Å². The van der Waals surface area contributed by atoms with Crippen molar-refractivity contribution in [2.75, 3.05) is 7.11 Å². The van der Waals surface area contributed by atoms with Crippen molar-refractivity contribution in [1.29, 1.82) is 0 Å². The van der Waals surface area contributed by atoms with Gasteiger partial charge in [-0.15, -0.1) is 0 Å². The fraction of sp³-hybridized carbons (Fsp3) is 0.200. The maximum Gasteiger partial charge on any atom is 0.338 e. The summed E-state index contributed by atoms with van der Waals surface area (Å²) in [6, 6.07) is 2.34. The van der Waals surface area contributed by atoms with Crippen LogP contribution in [0.1, 0.15) is 26.3 Å². The monoisotopic (exact) mass is 223 g/mol. The third-order valence-electron chi connectivity index (χ3n) is 2.10. The predicted octanol–water partition coefficient (Wildman–Crippen LogP) is 1.50. The molecule has 0 radical (unpaired) electrons. The molecule has 0 fully saturated rings. The van der Waals surface area contributed by atoms with E-state index in [2.05, 4.69) is 4.74 Å². The van der Waals surface area contributed by atoms with E-state index in [1.54, 1.807) is 0 Å². The number of methoxy groups -OCH3 is 1. The number of hydrogen-bond donors (Lipinski definition) is 0. The fourth-order valence-corrected chi connectivity index (χ4v) is 1.29. The largest absolute Gasteiger partial charge is 0.465 e. The molecule has 0 spiro atoms. The molecule has 1 aromatic rings. The van der Waals surface area contributed by atoms with E-state index >= 15 is 0 Å². The van der Waals surface area contributed by atoms with Crippen LogP contribution < -0.4 is 0 Å². The van der Waals surface area contributed by atoms with E-state index in [1.165, 1.54) is 20.1 Å². The molecule has 0 unspecified atom stereocenters. The highest BCUT2D eigenvalue weighted by atomic mass is 16.6. The molecule has 0 amide bonds. The number of nitrogens with zero attached hydrogens (tertiary/aromatic N) is 1. The number of ether oxygens (including phenoxy) is 1. The molecular formula is C10H9NO5. The average molecular weight is 223 g/mol. The maximum absolute atomic E-state index is 11.3. The Morgan fingerprint density at radius 1 is 1.50 bits per heavy atom. The molecular weight excluding hydrogens is 214 g/mol. The lowest BCUT2D eigenvalue weighted by Gasteiger charge is -2.04. The smallest absolute Gasteiger partial charge is 0.338 e. The van der Waals surface area contributed by atoms with Gasteiger partial charge in [-0.2, -0.15) is 0 Å². The summed E-state index contributed by atoms with van der Waals surface area (Å²) in [7, 11) is 1.20. The Labute approximate surface area is 91.0 Å². The molecule has 0 aliphatic rings. The number of aldehydes is 1. The Morgan fingerprint density at radius 2 is 2.12 bits per heavy atom. The van der Waals surface area contributed by atoms with Crippen molar-refractivity contribution in [3.8, 4) is 0 Å². The van der Waals surface area contributed by atoms with Gasteiger partial charge >= 0.3 is 5.97 Å². The van der Waals surface area contributed by atoms with Crippen LogP contribution in [0.4, 0.5) is 5.69 Å². The number of benzene rings is 1. The van der Waals surface area contributed by atoms with E-state index in [4.69, 9.17) is 0 Å². The van der Waals surface area contributed by atoms with Crippen LogP contribution in [0.3, 0.4) is 0 Å². The van der Waals surface area contributed by atoms with Crippen molar-refractivity contribution in [3.05, 3.63) is 38.9 Å². The number of hydrogen-bond acceptors (Lipinski definition) is 5. The summed E-state index contributed by atoms with van der Waals surface area (Å²) in [4.78, 5) is 31.9. The van der Waals surface area contributed by atoms with Crippen LogP contribution in [-0.4, -0.2) is 24.3 Å². The summed E-state index contributed by atoms with van der Waals surface area (Å²) in [6.07, 6.45) is 0.337. The topological polar surface area (TPSA) is 86.5 Å². The first-order chi connectivity index (χ1) is 7.51. The maximum atomic E-state index is 11.3. The third kappa shape index (κ3) is 2.05. The quantitative estimate of drug-likeness (QED) is 0.335. The van der Waals surface area contributed by atoms with Crippen LogP contribution in [0.25, 0.3) is 0 Å². The summed E-state index contributed by atoms with van der Waals surface area (Å²) in [6.45, 7) is 1.54. The molecule has 0 N–H and O–H groups in total. The highest BCUT2D eigenvalue weighted by Crippen LogP contribution is 2.22. The lowest BCUT2D eigenvalue weighted by molar-refractivity contribution is -0.385. The number of esters is 1. The summed E-state index contributed by atoms with van der Waals surface area (Å²) < 4.78 is 4.49. The van der Waals surface area contributed by atoms with Crippen molar-refractivity contribution in [1.82, 2.24) is 0 Å². The molecule has 6 nitrogen and oxygen atoms in total. The Morgan fingerprint density at radius 3 is 2.56 bits per heavy atom. The highest BCUT2D eigenvalue weighted by molar-refractivity contribution is 5.94. The van der Waals surface area contributed by atoms with Crippen molar-refractivity contribution in [2.24, 2.45) is 0 Å². The molecule has 0 aliphatic heterocycles. The SMILES string of the molecule is COC(=O)c1cc(C=O)c([N+](=O)[O-])cc1C. The second-order valence-electron chi connectivity index (χ2n) is 3.09. The first-order valence-corrected chi connectivity index (χ1v) is 4.33. The highest BCUT2D eigenvalue weighted by Gasteiger charge is 2.19. The van der Waals surface area contributed by atoms with Gasteiger partial charge in [0, 0.05) is 6.07 Å². The zero-order chi connectivity index (χ0) is 12.3. The summed E-state index contributed by atoms with van der Waals surface area (Å²) in [5.41, 5.74) is 0.0792. The van der Waals surface area contributed by atoms with E-state index in [0.29, 0.717) is 11.8 Å². The van der Waals surface area contributed by atoms with Crippen LogP contribution >= 0.6 is 0 Å². The molecule has 1 rings (SSSR count). The van der Waals surface area contributed by atoms with Crippen molar-refractivity contribution in [3.63, 3.8) is 0 Å². The summed E-state index contributed by atoms with van der Waals surface area (Å²) in [5, 5.41) is 10.6. The van der Waals surface area contributed by atoms with Gasteiger partial charge in [0.15, 0.2) is 6.29 Å². The van der Waals surface area contributed by atoms with Crippen LogP contribution in [0.15, 0.2) is 12.1 Å². The molecule has 0 aromatic heterocycles. The number of aryl methyl sites for hydroxylation is 1. The lowest BCUT2D eigenvalue weighted by atomic mass is 10.0. The predicted molar refractivity (Wildman–Crippen MR) is 54.6 cm³/mol. The molecule has 0 atom stereocenters.